The van der Waals surface area contributed by atoms with Crippen molar-refractivity contribution in [2.24, 2.45) is 7.05 Å². The molecule has 0 saturated heterocycles. The standard InChI is InChI=1S/C14H23N3O2/c1-4-10-9-12(17(3)15-10)14(19)16(2)11-7-5-6-8-13(11)18/h9,11,13,18H,4-8H2,1-3H3. The zero-order valence-electron chi connectivity index (χ0n) is 12.0. The normalized spacial score (nSPS) is 23.4. The molecule has 2 rings (SSSR count). The molecule has 5 heteroatoms. The van der Waals surface area contributed by atoms with E-state index in [1.165, 1.54) is 0 Å². The fraction of sp³-hybridized carbons (Fsp3) is 0.714. The van der Waals surface area contributed by atoms with Gasteiger partial charge in [-0.25, -0.2) is 0 Å². The van der Waals surface area contributed by atoms with Gasteiger partial charge in [-0.05, 0) is 25.3 Å². The Balaban J connectivity index is 2.15. The van der Waals surface area contributed by atoms with E-state index in [1.54, 1.807) is 23.7 Å². The van der Waals surface area contributed by atoms with Gasteiger partial charge in [0.05, 0.1) is 17.8 Å². The van der Waals surface area contributed by atoms with Crippen molar-refractivity contribution < 1.29 is 9.90 Å². The lowest BCUT2D eigenvalue weighted by Gasteiger charge is -2.35. The highest BCUT2D eigenvalue weighted by Crippen LogP contribution is 2.23. The Labute approximate surface area is 114 Å². The Hall–Kier alpha value is -1.36. The minimum atomic E-state index is -0.401. The molecule has 2 unspecified atom stereocenters. The van der Waals surface area contributed by atoms with Crippen LogP contribution < -0.4 is 0 Å². The van der Waals surface area contributed by atoms with Crippen molar-refractivity contribution in [2.45, 2.75) is 51.2 Å². The molecule has 0 bridgehead atoms. The van der Waals surface area contributed by atoms with Crippen LogP contribution in [0.25, 0.3) is 0 Å². The molecule has 2 atom stereocenters. The summed E-state index contributed by atoms with van der Waals surface area (Å²) in [6, 6.07) is 1.77. The number of hydrogen-bond donors (Lipinski definition) is 1. The lowest BCUT2D eigenvalue weighted by Crippen LogP contribution is -2.46. The van der Waals surface area contributed by atoms with Crippen LogP contribution >= 0.6 is 0 Å². The molecule has 0 radical (unpaired) electrons. The third kappa shape index (κ3) is 2.81. The summed E-state index contributed by atoms with van der Waals surface area (Å²) in [7, 11) is 3.57. The SMILES string of the molecule is CCc1cc(C(=O)N(C)C2CCCCC2O)n(C)n1. The second kappa shape index (κ2) is 5.74. The number of hydrogen-bond acceptors (Lipinski definition) is 3. The van der Waals surface area contributed by atoms with Crippen LogP contribution in [0.3, 0.4) is 0 Å². The first-order valence-electron chi connectivity index (χ1n) is 7.02. The van der Waals surface area contributed by atoms with Crippen LogP contribution in [-0.2, 0) is 13.5 Å². The van der Waals surface area contributed by atoms with E-state index in [4.69, 9.17) is 0 Å². The third-order valence-electron chi connectivity index (χ3n) is 4.02. The number of aromatic nitrogens is 2. The van der Waals surface area contributed by atoms with Gasteiger partial charge in [0.25, 0.3) is 5.91 Å². The van der Waals surface area contributed by atoms with E-state index < -0.39 is 6.10 Å². The largest absolute Gasteiger partial charge is 0.391 e. The number of aliphatic hydroxyl groups is 1. The highest BCUT2D eigenvalue weighted by atomic mass is 16.3. The molecular formula is C14H23N3O2. The molecule has 0 aliphatic heterocycles. The second-order valence-electron chi connectivity index (χ2n) is 5.33. The van der Waals surface area contributed by atoms with Gasteiger partial charge in [-0.3, -0.25) is 9.48 Å². The molecule has 0 spiro atoms. The van der Waals surface area contributed by atoms with Gasteiger partial charge >= 0.3 is 0 Å². The summed E-state index contributed by atoms with van der Waals surface area (Å²) >= 11 is 0. The number of amides is 1. The minimum absolute atomic E-state index is 0.0550. The zero-order chi connectivity index (χ0) is 14.0. The number of rotatable bonds is 3. The first-order chi connectivity index (χ1) is 9.04. The zero-order valence-corrected chi connectivity index (χ0v) is 12.0. The van der Waals surface area contributed by atoms with Crippen LogP contribution in [-0.4, -0.2) is 44.9 Å². The Morgan fingerprint density at radius 2 is 2.21 bits per heavy atom. The van der Waals surface area contributed by atoms with Crippen LogP contribution in [0.5, 0.6) is 0 Å². The van der Waals surface area contributed by atoms with Crippen molar-refractivity contribution in [3.8, 4) is 0 Å². The molecule has 19 heavy (non-hydrogen) atoms. The highest BCUT2D eigenvalue weighted by molar-refractivity contribution is 5.92. The van der Waals surface area contributed by atoms with Gasteiger partial charge in [0.15, 0.2) is 0 Å². The molecular weight excluding hydrogens is 242 g/mol. The quantitative estimate of drug-likeness (QED) is 0.897. The number of carbonyl (C=O) groups is 1. The van der Waals surface area contributed by atoms with Crippen molar-refractivity contribution in [1.29, 1.82) is 0 Å². The van der Waals surface area contributed by atoms with Gasteiger partial charge in [0.1, 0.15) is 5.69 Å². The molecule has 1 aromatic heterocycles. The lowest BCUT2D eigenvalue weighted by molar-refractivity contribution is 0.0261. The van der Waals surface area contributed by atoms with E-state index in [0.717, 1.165) is 37.8 Å². The van der Waals surface area contributed by atoms with E-state index in [0.29, 0.717) is 5.69 Å². The fourth-order valence-corrected chi connectivity index (χ4v) is 2.77. The summed E-state index contributed by atoms with van der Waals surface area (Å²) in [5, 5.41) is 14.3. The molecule has 5 nitrogen and oxygen atoms in total. The van der Waals surface area contributed by atoms with Crippen molar-refractivity contribution in [2.75, 3.05) is 7.05 Å². The average molecular weight is 265 g/mol. The summed E-state index contributed by atoms with van der Waals surface area (Å²) in [6.45, 7) is 2.02. The Kier molecular flexibility index (Phi) is 4.24. The fourth-order valence-electron chi connectivity index (χ4n) is 2.77. The predicted molar refractivity (Wildman–Crippen MR) is 72.9 cm³/mol. The molecule has 0 aromatic carbocycles. The van der Waals surface area contributed by atoms with Crippen molar-refractivity contribution in [3.63, 3.8) is 0 Å². The smallest absolute Gasteiger partial charge is 0.272 e. The van der Waals surface area contributed by atoms with E-state index in [1.807, 2.05) is 13.0 Å². The molecule has 1 aliphatic carbocycles. The van der Waals surface area contributed by atoms with E-state index in [9.17, 15) is 9.90 Å². The molecule has 1 N–H and O–H groups in total. The Bertz CT molecular complexity index is 456. The van der Waals surface area contributed by atoms with Gasteiger partial charge in [0, 0.05) is 14.1 Å². The van der Waals surface area contributed by atoms with Gasteiger partial charge in [0.2, 0.25) is 0 Å². The maximum Gasteiger partial charge on any atom is 0.272 e. The molecule has 1 fully saturated rings. The van der Waals surface area contributed by atoms with Crippen LogP contribution in [0.2, 0.25) is 0 Å². The lowest BCUT2D eigenvalue weighted by atomic mass is 9.91. The number of nitrogens with zero attached hydrogens (tertiary/aromatic N) is 3. The van der Waals surface area contributed by atoms with E-state index in [-0.39, 0.29) is 11.9 Å². The number of aryl methyl sites for hydroxylation is 2. The summed E-state index contributed by atoms with van der Waals surface area (Å²) in [5.74, 6) is -0.0550. The summed E-state index contributed by atoms with van der Waals surface area (Å²) < 4.78 is 1.63. The van der Waals surface area contributed by atoms with Crippen LogP contribution in [0.1, 0.15) is 48.8 Å². The average Bonchev–Trinajstić information content (AvgIpc) is 2.79. The minimum Gasteiger partial charge on any atom is -0.391 e. The number of likely N-dealkylation sites (N-methyl/N-ethyl adjacent to an activating group) is 1. The van der Waals surface area contributed by atoms with E-state index >= 15 is 0 Å². The molecule has 1 aliphatic rings. The van der Waals surface area contributed by atoms with Crippen LogP contribution in [0.15, 0.2) is 6.07 Å². The molecule has 1 heterocycles. The van der Waals surface area contributed by atoms with Gasteiger partial charge in [-0.2, -0.15) is 5.10 Å². The van der Waals surface area contributed by atoms with Crippen molar-refractivity contribution in [1.82, 2.24) is 14.7 Å². The molecule has 1 saturated carbocycles. The number of carbonyl (C=O) groups excluding carboxylic acids is 1. The van der Waals surface area contributed by atoms with Crippen molar-refractivity contribution in [3.05, 3.63) is 17.5 Å². The summed E-state index contributed by atoms with van der Waals surface area (Å²) in [4.78, 5) is 14.2. The predicted octanol–water partition coefficient (Wildman–Crippen LogP) is 1.36. The number of aliphatic hydroxyl groups excluding tert-OH is 1. The summed E-state index contributed by atoms with van der Waals surface area (Å²) in [6.07, 6.45) is 4.20. The third-order valence-corrected chi connectivity index (χ3v) is 4.02. The topological polar surface area (TPSA) is 58.4 Å². The monoisotopic (exact) mass is 265 g/mol. The molecule has 1 aromatic rings. The van der Waals surface area contributed by atoms with Crippen LogP contribution in [0, 0.1) is 0 Å². The Morgan fingerprint density at radius 3 is 2.79 bits per heavy atom. The maximum absolute atomic E-state index is 12.5. The molecule has 1 amide bonds. The highest BCUT2D eigenvalue weighted by Gasteiger charge is 2.30. The second-order valence-corrected chi connectivity index (χ2v) is 5.33. The molecule has 106 valence electrons. The Morgan fingerprint density at radius 1 is 1.53 bits per heavy atom. The van der Waals surface area contributed by atoms with Gasteiger partial charge in [-0.15, -0.1) is 0 Å². The van der Waals surface area contributed by atoms with Crippen LogP contribution in [0.4, 0.5) is 0 Å². The van der Waals surface area contributed by atoms with Gasteiger partial charge in [-0.1, -0.05) is 19.8 Å². The summed E-state index contributed by atoms with van der Waals surface area (Å²) in [5.41, 5.74) is 1.51. The first-order valence-corrected chi connectivity index (χ1v) is 7.02. The van der Waals surface area contributed by atoms with E-state index in [2.05, 4.69) is 5.10 Å². The maximum atomic E-state index is 12.5. The first kappa shape index (κ1) is 14.1. The van der Waals surface area contributed by atoms with Crippen molar-refractivity contribution >= 4 is 5.91 Å². The van der Waals surface area contributed by atoms with Gasteiger partial charge < -0.3 is 10.0 Å².